The molecule has 3 aromatic carbocycles. The second kappa shape index (κ2) is 7.21. The number of fused-ring (bicyclic) bond motifs is 1. The summed E-state index contributed by atoms with van der Waals surface area (Å²) in [6, 6.07) is 15.3. The maximum atomic E-state index is 11.9. The first-order valence-corrected chi connectivity index (χ1v) is 8.27. The van der Waals surface area contributed by atoms with Crippen molar-refractivity contribution >= 4 is 40.1 Å². The smallest absolute Gasteiger partial charge is 0.407 e. The maximum Gasteiger partial charge on any atom is 0.407 e. The standard InChI is InChI=1S/C19H15Cl2NO3/c1-25-19(24)22-18(14-8-7-12(20)10-15(14)21)17-13-5-3-2-4-11(13)6-9-16(17)23/h2-10,18,23H,1H3,(H,22,24). The zero-order valence-corrected chi connectivity index (χ0v) is 14.8. The molecule has 0 aliphatic carbocycles. The highest BCUT2D eigenvalue weighted by Gasteiger charge is 2.24. The number of methoxy groups -OCH3 is 1. The number of nitrogens with one attached hydrogen (secondary N) is 1. The SMILES string of the molecule is COC(=O)NC(c1ccc(Cl)cc1Cl)c1c(O)ccc2ccccc12. The van der Waals surface area contributed by atoms with Crippen LogP contribution in [0.4, 0.5) is 4.79 Å². The zero-order valence-electron chi connectivity index (χ0n) is 13.3. The van der Waals surface area contributed by atoms with E-state index in [2.05, 4.69) is 5.32 Å². The van der Waals surface area contributed by atoms with E-state index in [1.54, 1.807) is 24.3 Å². The second-order valence-corrected chi connectivity index (χ2v) is 6.30. The fraction of sp³-hybridized carbons (Fsp3) is 0.105. The van der Waals surface area contributed by atoms with E-state index in [0.29, 0.717) is 21.2 Å². The number of phenols is 1. The molecule has 0 aliphatic rings. The highest BCUT2D eigenvalue weighted by Crippen LogP contribution is 2.38. The number of carbonyl (C=O) groups excluding carboxylic acids is 1. The van der Waals surface area contributed by atoms with Crippen molar-refractivity contribution in [3.8, 4) is 5.75 Å². The molecule has 0 aromatic heterocycles. The third kappa shape index (κ3) is 3.50. The van der Waals surface area contributed by atoms with Gasteiger partial charge in [-0.3, -0.25) is 0 Å². The van der Waals surface area contributed by atoms with Crippen molar-refractivity contribution in [2.24, 2.45) is 0 Å². The molecule has 6 heteroatoms. The van der Waals surface area contributed by atoms with Gasteiger partial charge in [0, 0.05) is 15.6 Å². The Morgan fingerprint density at radius 2 is 1.88 bits per heavy atom. The van der Waals surface area contributed by atoms with Crippen LogP contribution < -0.4 is 5.32 Å². The lowest BCUT2D eigenvalue weighted by molar-refractivity contribution is 0.168. The van der Waals surface area contributed by atoms with E-state index in [4.69, 9.17) is 27.9 Å². The number of hydrogen-bond acceptors (Lipinski definition) is 3. The third-order valence-corrected chi connectivity index (χ3v) is 4.52. The van der Waals surface area contributed by atoms with Crippen LogP contribution in [-0.4, -0.2) is 18.3 Å². The molecule has 1 atom stereocenters. The molecule has 128 valence electrons. The Morgan fingerprint density at radius 3 is 2.60 bits per heavy atom. The van der Waals surface area contributed by atoms with Gasteiger partial charge in [-0.15, -0.1) is 0 Å². The van der Waals surface area contributed by atoms with Crippen molar-refractivity contribution in [2.45, 2.75) is 6.04 Å². The fourth-order valence-electron chi connectivity index (χ4n) is 2.81. The van der Waals surface area contributed by atoms with Gasteiger partial charge in [0.25, 0.3) is 0 Å². The summed E-state index contributed by atoms with van der Waals surface area (Å²) < 4.78 is 4.74. The Balaban J connectivity index is 2.25. The molecule has 1 unspecified atom stereocenters. The Hall–Kier alpha value is -2.43. The summed E-state index contributed by atoms with van der Waals surface area (Å²) in [5.74, 6) is 0.0473. The van der Waals surface area contributed by atoms with Crippen molar-refractivity contribution in [1.82, 2.24) is 5.32 Å². The Morgan fingerprint density at radius 1 is 1.12 bits per heavy atom. The lowest BCUT2D eigenvalue weighted by Gasteiger charge is -2.23. The van der Waals surface area contributed by atoms with Gasteiger partial charge in [0.1, 0.15) is 5.75 Å². The molecule has 0 saturated heterocycles. The minimum atomic E-state index is -0.705. The minimum Gasteiger partial charge on any atom is -0.508 e. The van der Waals surface area contributed by atoms with Gasteiger partial charge in [-0.25, -0.2) is 4.79 Å². The van der Waals surface area contributed by atoms with Crippen LogP contribution in [-0.2, 0) is 4.74 Å². The number of aromatic hydroxyl groups is 1. The summed E-state index contributed by atoms with van der Waals surface area (Å²) in [5.41, 5.74) is 1.14. The molecule has 4 nitrogen and oxygen atoms in total. The van der Waals surface area contributed by atoms with Gasteiger partial charge in [0.15, 0.2) is 0 Å². The van der Waals surface area contributed by atoms with Gasteiger partial charge in [-0.05, 0) is 34.5 Å². The molecule has 0 fully saturated rings. The molecule has 0 aliphatic heterocycles. The Kier molecular flexibility index (Phi) is 5.02. The van der Waals surface area contributed by atoms with Crippen LogP contribution >= 0.6 is 23.2 Å². The average Bonchev–Trinajstić information content (AvgIpc) is 2.60. The Labute approximate surface area is 154 Å². The first-order chi connectivity index (χ1) is 12.0. The number of rotatable bonds is 3. The summed E-state index contributed by atoms with van der Waals surface area (Å²) >= 11 is 12.3. The van der Waals surface area contributed by atoms with Crippen LogP contribution in [0.5, 0.6) is 5.75 Å². The first kappa shape index (κ1) is 17.4. The summed E-state index contributed by atoms with van der Waals surface area (Å²) in [6.07, 6.45) is -0.636. The predicted molar refractivity (Wildman–Crippen MR) is 99.5 cm³/mol. The maximum absolute atomic E-state index is 11.9. The molecular weight excluding hydrogens is 361 g/mol. The Bertz CT molecular complexity index is 943. The summed E-state index contributed by atoms with van der Waals surface area (Å²) in [4.78, 5) is 11.9. The van der Waals surface area contributed by atoms with Gasteiger partial charge in [-0.2, -0.15) is 0 Å². The monoisotopic (exact) mass is 375 g/mol. The van der Waals surface area contributed by atoms with Gasteiger partial charge in [0.2, 0.25) is 0 Å². The predicted octanol–water partition coefficient (Wildman–Crippen LogP) is 5.30. The van der Waals surface area contributed by atoms with Gasteiger partial charge < -0.3 is 15.2 Å². The van der Waals surface area contributed by atoms with Gasteiger partial charge in [0.05, 0.1) is 13.2 Å². The topological polar surface area (TPSA) is 58.6 Å². The van der Waals surface area contributed by atoms with E-state index in [-0.39, 0.29) is 5.75 Å². The van der Waals surface area contributed by atoms with Crippen molar-refractivity contribution < 1.29 is 14.6 Å². The van der Waals surface area contributed by atoms with Crippen LogP contribution in [0.25, 0.3) is 10.8 Å². The number of phenolic OH excluding ortho intramolecular Hbond substituents is 1. The lowest BCUT2D eigenvalue weighted by atomic mass is 9.92. The number of carbonyl (C=O) groups is 1. The molecular formula is C19H15Cl2NO3. The average molecular weight is 376 g/mol. The molecule has 2 N–H and O–H groups in total. The number of ether oxygens (including phenoxy) is 1. The fourth-order valence-corrected chi connectivity index (χ4v) is 3.32. The molecule has 3 aromatic rings. The van der Waals surface area contributed by atoms with Crippen LogP contribution in [0.15, 0.2) is 54.6 Å². The molecule has 1 amide bonds. The summed E-state index contributed by atoms with van der Waals surface area (Å²) in [6.45, 7) is 0. The molecule has 0 saturated carbocycles. The van der Waals surface area contributed by atoms with Crippen LogP contribution in [0.3, 0.4) is 0 Å². The van der Waals surface area contributed by atoms with E-state index in [1.807, 2.05) is 30.3 Å². The van der Waals surface area contributed by atoms with E-state index in [0.717, 1.165) is 10.8 Å². The normalized spacial score (nSPS) is 12.0. The largest absolute Gasteiger partial charge is 0.508 e. The van der Waals surface area contributed by atoms with E-state index >= 15 is 0 Å². The van der Waals surface area contributed by atoms with Crippen molar-refractivity contribution in [3.63, 3.8) is 0 Å². The van der Waals surface area contributed by atoms with Gasteiger partial charge >= 0.3 is 6.09 Å². The number of hydrogen-bond donors (Lipinski definition) is 2. The van der Waals surface area contributed by atoms with E-state index in [9.17, 15) is 9.90 Å². The summed E-state index contributed by atoms with van der Waals surface area (Å²) in [5, 5.41) is 15.8. The van der Waals surface area contributed by atoms with Crippen molar-refractivity contribution in [1.29, 1.82) is 0 Å². The highest BCUT2D eigenvalue weighted by molar-refractivity contribution is 6.35. The number of halogens is 2. The molecule has 0 radical (unpaired) electrons. The lowest BCUT2D eigenvalue weighted by Crippen LogP contribution is -2.29. The number of amides is 1. The minimum absolute atomic E-state index is 0.0473. The van der Waals surface area contributed by atoms with E-state index < -0.39 is 12.1 Å². The zero-order chi connectivity index (χ0) is 18.0. The molecule has 3 rings (SSSR count). The quantitative estimate of drug-likeness (QED) is 0.652. The van der Waals surface area contributed by atoms with E-state index in [1.165, 1.54) is 7.11 Å². The molecule has 0 spiro atoms. The van der Waals surface area contributed by atoms with Crippen LogP contribution in [0.2, 0.25) is 10.0 Å². The third-order valence-electron chi connectivity index (χ3n) is 3.96. The number of alkyl carbamates (subject to hydrolysis) is 1. The summed E-state index contributed by atoms with van der Waals surface area (Å²) in [7, 11) is 1.28. The molecule has 25 heavy (non-hydrogen) atoms. The van der Waals surface area contributed by atoms with Crippen LogP contribution in [0, 0.1) is 0 Å². The highest BCUT2D eigenvalue weighted by atomic mass is 35.5. The second-order valence-electron chi connectivity index (χ2n) is 5.45. The van der Waals surface area contributed by atoms with Crippen LogP contribution in [0.1, 0.15) is 17.2 Å². The molecule has 0 bridgehead atoms. The van der Waals surface area contributed by atoms with Crippen molar-refractivity contribution in [3.05, 3.63) is 75.8 Å². The molecule has 0 heterocycles. The number of benzene rings is 3. The van der Waals surface area contributed by atoms with Crippen molar-refractivity contribution in [2.75, 3.05) is 7.11 Å². The van der Waals surface area contributed by atoms with Gasteiger partial charge in [-0.1, -0.05) is 59.6 Å². The first-order valence-electron chi connectivity index (χ1n) is 7.51.